The predicted octanol–water partition coefficient (Wildman–Crippen LogP) is 0.553. The molecule has 3 N–H and O–H groups in total. The minimum absolute atomic E-state index is 0.0107. The number of aliphatic hydroxyl groups is 2. The third-order valence-corrected chi connectivity index (χ3v) is 3.11. The number of rotatable bonds is 7. The van der Waals surface area contributed by atoms with Crippen molar-refractivity contribution in [2.24, 2.45) is 0 Å². The molecule has 0 spiro atoms. The summed E-state index contributed by atoms with van der Waals surface area (Å²) in [4.78, 5) is 13.3. The minimum Gasteiger partial charge on any atom is -0.484 e. The maximum Gasteiger partial charge on any atom is 0.274 e. The van der Waals surface area contributed by atoms with Crippen molar-refractivity contribution in [2.45, 2.75) is 12.7 Å². The zero-order valence-corrected chi connectivity index (χ0v) is 12.6. The molecule has 8 heteroatoms. The van der Waals surface area contributed by atoms with Crippen molar-refractivity contribution in [3.63, 3.8) is 0 Å². The summed E-state index contributed by atoms with van der Waals surface area (Å²) in [5, 5.41) is 24.6. The molecule has 2 aromatic rings. The van der Waals surface area contributed by atoms with E-state index in [9.17, 15) is 14.3 Å². The van der Waals surface area contributed by atoms with Gasteiger partial charge in [0.25, 0.3) is 5.91 Å². The molecule has 0 aliphatic heterocycles. The molecular formula is C15H18FN3O4. The Kier molecular flexibility index (Phi) is 5.67. The number of aromatic nitrogens is 2. The molecule has 1 atom stereocenters. The van der Waals surface area contributed by atoms with E-state index in [4.69, 9.17) is 9.84 Å². The second-order valence-electron chi connectivity index (χ2n) is 5.02. The number of aromatic amines is 1. The monoisotopic (exact) mass is 323 g/mol. The Hall–Kier alpha value is -2.45. The fraction of sp³-hybridized carbons (Fsp3) is 0.333. The number of halogens is 1. The maximum atomic E-state index is 13.4. The Morgan fingerprint density at radius 1 is 1.48 bits per heavy atom. The van der Waals surface area contributed by atoms with Gasteiger partial charge in [0, 0.05) is 13.6 Å². The molecule has 1 amide bonds. The van der Waals surface area contributed by atoms with Gasteiger partial charge in [0.2, 0.25) is 0 Å². The van der Waals surface area contributed by atoms with Crippen molar-refractivity contribution in [1.82, 2.24) is 15.1 Å². The molecule has 7 nitrogen and oxygen atoms in total. The first-order valence-corrected chi connectivity index (χ1v) is 6.97. The van der Waals surface area contributed by atoms with E-state index in [1.165, 1.54) is 30.1 Å². The standard InChI is InChI=1S/C15H18FN3O4/c1-19(7-11(21)8-20)15(22)13-6-10(17-18-13)9-23-14-5-3-2-4-12(14)16/h2-6,11,20-21H,7-9H2,1H3,(H,17,18)/t11-/m0/s1. The van der Waals surface area contributed by atoms with Gasteiger partial charge in [-0.05, 0) is 18.2 Å². The zero-order valence-electron chi connectivity index (χ0n) is 12.6. The van der Waals surface area contributed by atoms with Crippen LogP contribution >= 0.6 is 0 Å². The van der Waals surface area contributed by atoms with Crippen molar-refractivity contribution < 1.29 is 24.1 Å². The van der Waals surface area contributed by atoms with Gasteiger partial charge in [-0.1, -0.05) is 12.1 Å². The number of ether oxygens (including phenoxy) is 1. The van der Waals surface area contributed by atoms with E-state index >= 15 is 0 Å². The molecule has 0 aliphatic carbocycles. The number of hydrogen-bond donors (Lipinski definition) is 3. The average Bonchev–Trinajstić information content (AvgIpc) is 3.02. The zero-order chi connectivity index (χ0) is 16.8. The molecule has 0 aliphatic rings. The first-order chi connectivity index (χ1) is 11.0. The van der Waals surface area contributed by atoms with E-state index in [-0.39, 0.29) is 24.6 Å². The maximum absolute atomic E-state index is 13.4. The van der Waals surface area contributed by atoms with Gasteiger partial charge in [0.05, 0.1) is 18.4 Å². The van der Waals surface area contributed by atoms with Gasteiger partial charge in [-0.2, -0.15) is 5.10 Å². The average molecular weight is 323 g/mol. The lowest BCUT2D eigenvalue weighted by Gasteiger charge is -2.18. The van der Waals surface area contributed by atoms with E-state index in [0.29, 0.717) is 5.69 Å². The fourth-order valence-corrected chi connectivity index (χ4v) is 1.91. The van der Waals surface area contributed by atoms with Crippen molar-refractivity contribution >= 4 is 5.91 Å². The molecule has 2 rings (SSSR count). The van der Waals surface area contributed by atoms with Crippen molar-refractivity contribution in [3.8, 4) is 5.75 Å². The highest BCUT2D eigenvalue weighted by molar-refractivity contribution is 5.92. The first kappa shape index (κ1) is 16.9. The summed E-state index contributed by atoms with van der Waals surface area (Å²) in [6, 6.07) is 7.50. The molecular weight excluding hydrogens is 305 g/mol. The smallest absolute Gasteiger partial charge is 0.274 e. The number of carbonyl (C=O) groups excluding carboxylic acids is 1. The van der Waals surface area contributed by atoms with Crippen LogP contribution in [0.2, 0.25) is 0 Å². The summed E-state index contributed by atoms with van der Waals surface area (Å²) in [5.74, 6) is -0.773. The van der Waals surface area contributed by atoms with Gasteiger partial charge >= 0.3 is 0 Å². The van der Waals surface area contributed by atoms with Crippen LogP contribution in [0.15, 0.2) is 30.3 Å². The number of carbonyl (C=O) groups is 1. The van der Waals surface area contributed by atoms with Gasteiger partial charge in [-0.25, -0.2) is 4.39 Å². The highest BCUT2D eigenvalue weighted by Gasteiger charge is 2.18. The third kappa shape index (κ3) is 4.51. The van der Waals surface area contributed by atoms with E-state index in [1.807, 2.05) is 0 Å². The number of H-pyrrole nitrogens is 1. The Balaban J connectivity index is 1.95. The second kappa shape index (κ2) is 7.70. The molecule has 0 radical (unpaired) electrons. The van der Waals surface area contributed by atoms with E-state index in [1.54, 1.807) is 12.1 Å². The van der Waals surface area contributed by atoms with Crippen LogP contribution in [-0.4, -0.2) is 57.5 Å². The van der Waals surface area contributed by atoms with Gasteiger partial charge in [0.1, 0.15) is 6.61 Å². The first-order valence-electron chi connectivity index (χ1n) is 6.97. The van der Waals surface area contributed by atoms with Crippen LogP contribution in [-0.2, 0) is 6.61 Å². The number of para-hydroxylation sites is 1. The van der Waals surface area contributed by atoms with Crippen molar-refractivity contribution in [3.05, 3.63) is 47.5 Å². The number of nitrogens with zero attached hydrogens (tertiary/aromatic N) is 2. The van der Waals surface area contributed by atoms with Gasteiger partial charge in [0.15, 0.2) is 17.3 Å². The summed E-state index contributed by atoms with van der Waals surface area (Å²) in [6.07, 6.45) is -1.01. The van der Waals surface area contributed by atoms with Crippen LogP contribution in [0.25, 0.3) is 0 Å². The normalized spacial score (nSPS) is 12.0. The van der Waals surface area contributed by atoms with E-state index in [2.05, 4.69) is 10.2 Å². The quantitative estimate of drug-likeness (QED) is 0.691. The van der Waals surface area contributed by atoms with E-state index in [0.717, 1.165) is 0 Å². The lowest BCUT2D eigenvalue weighted by Crippen LogP contribution is -2.36. The summed E-state index contributed by atoms with van der Waals surface area (Å²) in [6.45, 7) is -0.409. The number of benzene rings is 1. The summed E-state index contributed by atoms with van der Waals surface area (Å²) in [7, 11) is 1.49. The number of likely N-dealkylation sites (N-methyl/N-ethyl adjacent to an activating group) is 1. The van der Waals surface area contributed by atoms with Crippen LogP contribution in [0.4, 0.5) is 4.39 Å². The lowest BCUT2D eigenvalue weighted by molar-refractivity contribution is 0.0516. The third-order valence-electron chi connectivity index (χ3n) is 3.11. The number of nitrogens with one attached hydrogen (secondary N) is 1. The molecule has 0 saturated heterocycles. The topological polar surface area (TPSA) is 98.7 Å². The van der Waals surface area contributed by atoms with Gasteiger partial charge in [-0.3, -0.25) is 9.89 Å². The summed E-state index contributed by atoms with van der Waals surface area (Å²) < 4.78 is 18.7. The second-order valence-corrected chi connectivity index (χ2v) is 5.02. The Morgan fingerprint density at radius 3 is 2.91 bits per heavy atom. The van der Waals surface area contributed by atoms with E-state index < -0.39 is 24.4 Å². The Labute approximate surface area is 132 Å². The molecule has 1 aromatic heterocycles. The number of aliphatic hydroxyl groups excluding tert-OH is 2. The van der Waals surface area contributed by atoms with Crippen molar-refractivity contribution in [1.29, 1.82) is 0 Å². The van der Waals surface area contributed by atoms with Crippen LogP contribution in [0.1, 0.15) is 16.2 Å². The molecule has 23 heavy (non-hydrogen) atoms. The van der Waals surface area contributed by atoms with Crippen LogP contribution in [0, 0.1) is 5.82 Å². The predicted molar refractivity (Wildman–Crippen MR) is 79.4 cm³/mol. The van der Waals surface area contributed by atoms with Crippen molar-refractivity contribution in [2.75, 3.05) is 20.2 Å². The Bertz CT molecular complexity index is 662. The van der Waals surface area contributed by atoms with Gasteiger partial charge < -0.3 is 19.8 Å². The fourth-order valence-electron chi connectivity index (χ4n) is 1.91. The molecule has 1 heterocycles. The van der Waals surface area contributed by atoms with Crippen LogP contribution in [0.3, 0.4) is 0 Å². The molecule has 0 fully saturated rings. The number of amides is 1. The largest absolute Gasteiger partial charge is 0.484 e. The molecule has 1 aromatic carbocycles. The number of hydrogen-bond acceptors (Lipinski definition) is 5. The van der Waals surface area contributed by atoms with Crippen LogP contribution < -0.4 is 4.74 Å². The van der Waals surface area contributed by atoms with Gasteiger partial charge in [-0.15, -0.1) is 0 Å². The molecule has 0 unspecified atom stereocenters. The molecule has 124 valence electrons. The summed E-state index contributed by atoms with van der Waals surface area (Å²) >= 11 is 0. The summed E-state index contributed by atoms with van der Waals surface area (Å²) in [5.41, 5.74) is 0.650. The van der Waals surface area contributed by atoms with Crippen LogP contribution in [0.5, 0.6) is 5.75 Å². The Morgan fingerprint density at radius 2 is 2.22 bits per heavy atom. The highest BCUT2D eigenvalue weighted by atomic mass is 19.1. The lowest BCUT2D eigenvalue weighted by atomic mass is 10.3. The molecule has 0 bridgehead atoms. The SMILES string of the molecule is CN(C[C@H](O)CO)C(=O)c1cc(COc2ccccc2F)[nH]n1. The molecule has 0 saturated carbocycles. The highest BCUT2D eigenvalue weighted by Crippen LogP contribution is 2.17. The minimum atomic E-state index is -1.01.